The zero-order valence-corrected chi connectivity index (χ0v) is 11.1. The molecule has 1 rings (SSSR count). The van der Waals surface area contributed by atoms with Crippen molar-refractivity contribution in [3.8, 4) is 0 Å². The summed E-state index contributed by atoms with van der Waals surface area (Å²) in [4.78, 5) is 2.27. The van der Waals surface area contributed by atoms with Crippen LogP contribution in [-0.4, -0.2) is 33.8 Å². The van der Waals surface area contributed by atoms with Crippen LogP contribution in [0, 0.1) is 6.92 Å². The fourth-order valence-corrected chi connectivity index (χ4v) is 1.61. The molecule has 0 aliphatic rings. The summed E-state index contributed by atoms with van der Waals surface area (Å²) >= 11 is 0. The quantitative estimate of drug-likeness (QED) is 0.822. The van der Waals surface area contributed by atoms with E-state index in [4.69, 9.17) is 5.73 Å². The van der Waals surface area contributed by atoms with E-state index in [-0.39, 0.29) is 5.54 Å². The van der Waals surface area contributed by atoms with Gasteiger partial charge in [-0.15, -0.1) is 0 Å². The van der Waals surface area contributed by atoms with Crippen molar-refractivity contribution in [2.75, 3.05) is 13.6 Å². The smallest absolute Gasteiger partial charge is 0.0597 e. The van der Waals surface area contributed by atoms with Crippen molar-refractivity contribution in [2.24, 2.45) is 5.73 Å². The molecule has 0 aliphatic carbocycles. The van der Waals surface area contributed by atoms with Gasteiger partial charge >= 0.3 is 0 Å². The molecule has 4 heteroatoms. The molecule has 0 unspecified atom stereocenters. The van der Waals surface area contributed by atoms with E-state index < -0.39 is 0 Å². The maximum atomic E-state index is 5.77. The number of hydrogen-bond acceptors (Lipinski definition) is 3. The summed E-state index contributed by atoms with van der Waals surface area (Å²) in [6.45, 7) is 10.9. The molecule has 1 aromatic heterocycles. The Morgan fingerprint density at radius 1 is 1.50 bits per heavy atom. The summed E-state index contributed by atoms with van der Waals surface area (Å²) in [5, 5.41) is 4.45. The zero-order valence-electron chi connectivity index (χ0n) is 11.1. The molecule has 0 saturated carbocycles. The van der Waals surface area contributed by atoms with E-state index in [9.17, 15) is 0 Å². The second-order valence-electron chi connectivity index (χ2n) is 4.97. The molecule has 0 aromatic carbocycles. The van der Waals surface area contributed by atoms with Crippen molar-refractivity contribution in [1.82, 2.24) is 14.7 Å². The van der Waals surface area contributed by atoms with E-state index >= 15 is 0 Å². The molecule has 2 N–H and O–H groups in total. The van der Waals surface area contributed by atoms with Crippen LogP contribution >= 0.6 is 0 Å². The van der Waals surface area contributed by atoms with Crippen LogP contribution in [0.4, 0.5) is 0 Å². The van der Waals surface area contributed by atoms with Crippen molar-refractivity contribution in [3.63, 3.8) is 0 Å². The molecule has 0 spiro atoms. The lowest BCUT2D eigenvalue weighted by molar-refractivity contribution is 0.151. The summed E-state index contributed by atoms with van der Waals surface area (Å²) < 4.78 is 2.05. The molecule has 0 bridgehead atoms. The SMILES string of the molecule is CCn1nc(C)cc1CN(C)C(C)(C)CN. The van der Waals surface area contributed by atoms with Gasteiger partial charge in [0.05, 0.1) is 11.4 Å². The summed E-state index contributed by atoms with van der Waals surface area (Å²) in [6.07, 6.45) is 0. The van der Waals surface area contributed by atoms with Gasteiger partial charge in [0.1, 0.15) is 0 Å². The first-order valence-electron chi connectivity index (χ1n) is 5.85. The second-order valence-corrected chi connectivity index (χ2v) is 4.97. The fraction of sp³-hybridized carbons (Fsp3) is 0.750. The van der Waals surface area contributed by atoms with Gasteiger partial charge in [0.25, 0.3) is 0 Å². The van der Waals surface area contributed by atoms with Gasteiger partial charge in [0.2, 0.25) is 0 Å². The van der Waals surface area contributed by atoms with Crippen LogP contribution in [-0.2, 0) is 13.1 Å². The third-order valence-corrected chi connectivity index (χ3v) is 3.22. The monoisotopic (exact) mass is 224 g/mol. The molecule has 0 saturated heterocycles. The maximum Gasteiger partial charge on any atom is 0.0597 e. The Kier molecular flexibility index (Phi) is 4.10. The predicted molar refractivity (Wildman–Crippen MR) is 67.2 cm³/mol. The molecular weight excluding hydrogens is 200 g/mol. The zero-order chi connectivity index (χ0) is 12.3. The number of rotatable bonds is 5. The Morgan fingerprint density at radius 2 is 2.12 bits per heavy atom. The minimum atomic E-state index is 0.0245. The lowest BCUT2D eigenvalue weighted by Crippen LogP contribution is -2.46. The third-order valence-electron chi connectivity index (χ3n) is 3.22. The highest BCUT2D eigenvalue weighted by Gasteiger charge is 2.22. The Balaban J connectivity index is 2.80. The molecule has 0 radical (unpaired) electrons. The molecule has 4 nitrogen and oxygen atoms in total. The van der Waals surface area contributed by atoms with Gasteiger partial charge in [-0.3, -0.25) is 9.58 Å². The first-order valence-corrected chi connectivity index (χ1v) is 5.85. The van der Waals surface area contributed by atoms with Gasteiger partial charge in [-0.1, -0.05) is 0 Å². The van der Waals surface area contributed by atoms with E-state index in [0.29, 0.717) is 6.54 Å². The number of aromatic nitrogens is 2. The number of nitrogens with zero attached hydrogens (tertiary/aromatic N) is 3. The van der Waals surface area contributed by atoms with E-state index in [0.717, 1.165) is 18.8 Å². The Bertz CT molecular complexity index is 341. The van der Waals surface area contributed by atoms with Gasteiger partial charge in [-0.2, -0.15) is 5.10 Å². The van der Waals surface area contributed by atoms with Gasteiger partial charge in [0.15, 0.2) is 0 Å². The van der Waals surface area contributed by atoms with Gasteiger partial charge < -0.3 is 5.73 Å². The molecule has 92 valence electrons. The van der Waals surface area contributed by atoms with Crippen LogP contribution in [0.2, 0.25) is 0 Å². The topological polar surface area (TPSA) is 47.1 Å². The normalized spacial score (nSPS) is 12.4. The standard InChI is InChI=1S/C12H24N4/c1-6-16-11(7-10(2)14-16)8-15(5)12(3,4)9-13/h7H,6,8-9,13H2,1-5H3. The average Bonchev–Trinajstić information content (AvgIpc) is 2.58. The lowest BCUT2D eigenvalue weighted by Gasteiger charge is -2.34. The second kappa shape index (κ2) is 4.97. The number of aryl methyl sites for hydroxylation is 2. The van der Waals surface area contributed by atoms with Crippen molar-refractivity contribution in [2.45, 2.75) is 46.3 Å². The summed E-state index contributed by atoms with van der Waals surface area (Å²) in [5.74, 6) is 0. The van der Waals surface area contributed by atoms with Crippen LogP contribution in [0.1, 0.15) is 32.2 Å². The Hall–Kier alpha value is -0.870. The number of nitrogens with two attached hydrogens (primary N) is 1. The van der Waals surface area contributed by atoms with Crippen LogP contribution in [0.5, 0.6) is 0 Å². The van der Waals surface area contributed by atoms with Crippen molar-refractivity contribution in [3.05, 3.63) is 17.5 Å². The predicted octanol–water partition coefficient (Wildman–Crippen LogP) is 1.38. The summed E-state index contributed by atoms with van der Waals surface area (Å²) in [5.41, 5.74) is 8.13. The van der Waals surface area contributed by atoms with Crippen molar-refractivity contribution >= 4 is 0 Å². The van der Waals surface area contributed by atoms with Gasteiger partial charge in [-0.25, -0.2) is 0 Å². The highest BCUT2D eigenvalue weighted by molar-refractivity contribution is 5.09. The Morgan fingerprint density at radius 3 is 2.62 bits per heavy atom. The lowest BCUT2D eigenvalue weighted by atomic mass is 10.0. The summed E-state index contributed by atoms with van der Waals surface area (Å²) in [7, 11) is 2.11. The molecule has 0 amide bonds. The fourth-order valence-electron chi connectivity index (χ4n) is 1.61. The minimum Gasteiger partial charge on any atom is -0.329 e. The first-order chi connectivity index (χ1) is 7.40. The van der Waals surface area contributed by atoms with E-state index in [1.165, 1.54) is 5.69 Å². The van der Waals surface area contributed by atoms with Crippen LogP contribution in [0.25, 0.3) is 0 Å². The van der Waals surface area contributed by atoms with Crippen LogP contribution < -0.4 is 5.73 Å². The van der Waals surface area contributed by atoms with Crippen molar-refractivity contribution < 1.29 is 0 Å². The molecule has 0 aliphatic heterocycles. The summed E-state index contributed by atoms with van der Waals surface area (Å²) in [6, 6.07) is 2.15. The number of likely N-dealkylation sites (N-methyl/N-ethyl adjacent to an activating group) is 1. The van der Waals surface area contributed by atoms with E-state index in [1.807, 2.05) is 6.92 Å². The molecule has 1 heterocycles. The minimum absolute atomic E-state index is 0.0245. The number of hydrogen-bond donors (Lipinski definition) is 1. The maximum absolute atomic E-state index is 5.77. The molecule has 1 aromatic rings. The average molecular weight is 224 g/mol. The van der Waals surface area contributed by atoms with Crippen LogP contribution in [0.15, 0.2) is 6.07 Å². The molecule has 0 fully saturated rings. The third kappa shape index (κ3) is 2.83. The van der Waals surface area contributed by atoms with E-state index in [1.54, 1.807) is 0 Å². The van der Waals surface area contributed by atoms with Crippen molar-refractivity contribution in [1.29, 1.82) is 0 Å². The van der Waals surface area contributed by atoms with E-state index in [2.05, 4.69) is 48.6 Å². The highest BCUT2D eigenvalue weighted by atomic mass is 15.3. The highest BCUT2D eigenvalue weighted by Crippen LogP contribution is 2.15. The van der Waals surface area contributed by atoms with Gasteiger partial charge in [0, 0.05) is 25.2 Å². The first kappa shape index (κ1) is 13.2. The van der Waals surface area contributed by atoms with Crippen LogP contribution in [0.3, 0.4) is 0 Å². The molecule has 16 heavy (non-hydrogen) atoms. The Labute approximate surface area is 98.4 Å². The largest absolute Gasteiger partial charge is 0.329 e. The van der Waals surface area contributed by atoms with Gasteiger partial charge in [-0.05, 0) is 40.8 Å². The molecular formula is C12H24N4. The molecule has 0 atom stereocenters.